The van der Waals surface area contributed by atoms with E-state index >= 15 is 0 Å². The third-order valence-electron chi connectivity index (χ3n) is 4.59. The number of ether oxygens (including phenoxy) is 1. The van der Waals surface area contributed by atoms with Crippen molar-refractivity contribution in [2.24, 2.45) is 0 Å². The van der Waals surface area contributed by atoms with Crippen molar-refractivity contribution in [3.8, 4) is 5.75 Å². The van der Waals surface area contributed by atoms with Crippen LogP contribution in [0.2, 0.25) is 0 Å². The lowest BCUT2D eigenvalue weighted by atomic mass is 10.1. The van der Waals surface area contributed by atoms with E-state index in [1.165, 1.54) is 25.3 Å². The van der Waals surface area contributed by atoms with Gasteiger partial charge in [0.15, 0.2) is 0 Å². The second kappa shape index (κ2) is 7.67. The minimum absolute atomic E-state index is 0.209. The van der Waals surface area contributed by atoms with Crippen LogP contribution in [0.15, 0.2) is 66.7 Å². The number of carbonyl (C=O) groups is 3. The molecular weight excluding hydrogens is 483 g/mol. The number of anilines is 2. The molecule has 7 heteroatoms. The van der Waals surface area contributed by atoms with Gasteiger partial charge in [0.2, 0.25) is 0 Å². The number of fused-ring (bicyclic) bond motifs is 1. The Bertz CT molecular complexity index is 1140. The smallest absolute Gasteiger partial charge is 0.266 e. The molecule has 1 heterocycles. The summed E-state index contributed by atoms with van der Waals surface area (Å²) in [4.78, 5) is 39.4. The molecule has 4 rings (SSSR count). The van der Waals surface area contributed by atoms with Gasteiger partial charge in [-0.25, -0.2) is 4.90 Å². The summed E-state index contributed by atoms with van der Waals surface area (Å²) in [6, 6.07) is 18.6. The third-order valence-corrected chi connectivity index (χ3v) is 5.31. The number of benzene rings is 3. The van der Waals surface area contributed by atoms with Gasteiger partial charge in [-0.1, -0.05) is 12.1 Å². The zero-order valence-electron chi connectivity index (χ0n) is 15.3. The highest BCUT2D eigenvalue weighted by Gasteiger charge is 2.37. The number of para-hydroxylation sites is 2. The van der Waals surface area contributed by atoms with Crippen molar-refractivity contribution in [3.05, 3.63) is 87.0 Å². The number of carbonyl (C=O) groups excluding carboxylic acids is 3. The zero-order chi connectivity index (χ0) is 20.5. The third kappa shape index (κ3) is 3.49. The van der Waals surface area contributed by atoms with Crippen LogP contribution in [0.25, 0.3) is 0 Å². The lowest BCUT2D eigenvalue weighted by Gasteiger charge is -2.13. The number of methoxy groups -OCH3 is 1. The Morgan fingerprint density at radius 3 is 2.34 bits per heavy atom. The molecule has 0 unspecified atom stereocenters. The van der Waals surface area contributed by atoms with E-state index in [9.17, 15) is 14.4 Å². The highest BCUT2D eigenvalue weighted by Crippen LogP contribution is 2.30. The predicted octanol–water partition coefficient (Wildman–Crippen LogP) is 4.35. The van der Waals surface area contributed by atoms with Crippen molar-refractivity contribution in [1.29, 1.82) is 0 Å². The van der Waals surface area contributed by atoms with Gasteiger partial charge in [-0.15, -0.1) is 0 Å². The molecule has 1 aliphatic rings. The normalized spacial score (nSPS) is 12.7. The molecule has 1 aliphatic heterocycles. The Morgan fingerprint density at radius 2 is 1.62 bits per heavy atom. The van der Waals surface area contributed by atoms with E-state index in [0.29, 0.717) is 17.1 Å². The van der Waals surface area contributed by atoms with Crippen LogP contribution < -0.4 is 15.0 Å². The van der Waals surface area contributed by atoms with Gasteiger partial charge in [-0.2, -0.15) is 0 Å². The predicted molar refractivity (Wildman–Crippen MR) is 118 cm³/mol. The van der Waals surface area contributed by atoms with Crippen molar-refractivity contribution in [3.63, 3.8) is 0 Å². The number of halogens is 1. The van der Waals surface area contributed by atoms with Crippen molar-refractivity contribution in [2.75, 3.05) is 17.3 Å². The van der Waals surface area contributed by atoms with Crippen LogP contribution in [0.1, 0.15) is 31.1 Å². The minimum atomic E-state index is -0.446. The summed E-state index contributed by atoms with van der Waals surface area (Å²) in [5, 5.41) is 2.77. The van der Waals surface area contributed by atoms with Gasteiger partial charge in [0.1, 0.15) is 5.75 Å². The van der Waals surface area contributed by atoms with E-state index in [0.717, 1.165) is 8.47 Å². The molecule has 3 aromatic carbocycles. The van der Waals surface area contributed by atoms with E-state index in [4.69, 9.17) is 4.74 Å². The van der Waals surface area contributed by atoms with Gasteiger partial charge in [0.05, 0.1) is 29.6 Å². The summed E-state index contributed by atoms with van der Waals surface area (Å²) in [5.74, 6) is -0.718. The maximum absolute atomic E-state index is 12.9. The first-order valence-electron chi connectivity index (χ1n) is 8.72. The van der Waals surface area contributed by atoms with Crippen LogP contribution in [0, 0.1) is 3.57 Å². The number of rotatable bonds is 4. The van der Waals surface area contributed by atoms with Crippen LogP contribution in [0.3, 0.4) is 0 Å². The molecule has 0 fully saturated rings. The number of nitrogens with one attached hydrogen (secondary N) is 1. The van der Waals surface area contributed by atoms with Gasteiger partial charge in [0, 0.05) is 9.13 Å². The minimum Gasteiger partial charge on any atom is -0.495 e. The van der Waals surface area contributed by atoms with Gasteiger partial charge >= 0.3 is 0 Å². The quantitative estimate of drug-likeness (QED) is 0.429. The molecule has 3 aromatic rings. The SMILES string of the molecule is COc1ccccc1NC(=O)c1ccc2c(c1)C(=O)N(c1ccc(I)cc1)C2=O. The highest BCUT2D eigenvalue weighted by atomic mass is 127. The first-order valence-corrected chi connectivity index (χ1v) is 9.80. The highest BCUT2D eigenvalue weighted by molar-refractivity contribution is 14.1. The zero-order valence-corrected chi connectivity index (χ0v) is 17.5. The van der Waals surface area contributed by atoms with E-state index < -0.39 is 17.7 Å². The molecule has 144 valence electrons. The van der Waals surface area contributed by atoms with Crippen molar-refractivity contribution < 1.29 is 19.1 Å². The number of amides is 3. The Morgan fingerprint density at radius 1 is 0.931 bits per heavy atom. The number of imide groups is 1. The average Bonchev–Trinajstić information content (AvgIpc) is 2.99. The first-order chi connectivity index (χ1) is 14.0. The van der Waals surface area contributed by atoms with Gasteiger partial charge in [-0.05, 0) is 77.2 Å². The summed E-state index contributed by atoms with van der Waals surface area (Å²) < 4.78 is 6.24. The molecule has 0 atom stereocenters. The number of hydrogen-bond donors (Lipinski definition) is 1. The van der Waals surface area contributed by atoms with E-state index in [1.54, 1.807) is 36.4 Å². The summed E-state index contributed by atoms with van der Waals surface area (Å²) in [6.07, 6.45) is 0. The number of hydrogen-bond acceptors (Lipinski definition) is 4. The van der Waals surface area contributed by atoms with Gasteiger partial charge in [0.25, 0.3) is 17.7 Å². The lowest BCUT2D eigenvalue weighted by Crippen LogP contribution is -2.29. The second-order valence-corrected chi connectivity index (χ2v) is 7.58. The van der Waals surface area contributed by atoms with E-state index in [-0.39, 0.29) is 16.7 Å². The fourth-order valence-electron chi connectivity index (χ4n) is 3.15. The van der Waals surface area contributed by atoms with Crippen LogP contribution in [0.4, 0.5) is 11.4 Å². The fraction of sp³-hybridized carbons (Fsp3) is 0.0455. The Kier molecular flexibility index (Phi) is 5.06. The van der Waals surface area contributed by atoms with Crippen molar-refractivity contribution in [2.45, 2.75) is 0 Å². The van der Waals surface area contributed by atoms with Gasteiger partial charge in [-0.3, -0.25) is 14.4 Å². The van der Waals surface area contributed by atoms with Crippen LogP contribution >= 0.6 is 22.6 Å². The van der Waals surface area contributed by atoms with Crippen LogP contribution in [-0.2, 0) is 0 Å². The Labute approximate surface area is 180 Å². The topological polar surface area (TPSA) is 75.7 Å². The Balaban J connectivity index is 1.63. The molecule has 0 saturated carbocycles. The largest absolute Gasteiger partial charge is 0.495 e. The first kappa shape index (κ1) is 19.1. The molecule has 0 radical (unpaired) electrons. The molecule has 0 aliphatic carbocycles. The standard InChI is InChI=1S/C22H15IN2O4/c1-29-19-5-3-2-4-18(19)24-20(26)13-6-11-16-17(12-13)22(28)25(21(16)27)15-9-7-14(23)8-10-15/h2-12H,1H3,(H,24,26). The average molecular weight is 498 g/mol. The van der Waals surface area contributed by atoms with E-state index in [2.05, 4.69) is 27.9 Å². The lowest BCUT2D eigenvalue weighted by molar-refractivity contribution is 0.0925. The molecule has 6 nitrogen and oxygen atoms in total. The van der Waals surface area contributed by atoms with Gasteiger partial charge < -0.3 is 10.1 Å². The molecule has 1 N–H and O–H groups in total. The Hall–Kier alpha value is -3.20. The summed E-state index contributed by atoms with van der Waals surface area (Å²) >= 11 is 2.15. The summed E-state index contributed by atoms with van der Waals surface area (Å²) in [5.41, 5.74) is 1.78. The fourth-order valence-corrected chi connectivity index (χ4v) is 3.51. The molecule has 0 saturated heterocycles. The summed E-state index contributed by atoms with van der Waals surface area (Å²) in [6.45, 7) is 0. The maximum Gasteiger partial charge on any atom is 0.266 e. The molecule has 29 heavy (non-hydrogen) atoms. The van der Waals surface area contributed by atoms with Crippen LogP contribution in [0.5, 0.6) is 5.75 Å². The number of nitrogens with zero attached hydrogens (tertiary/aromatic N) is 1. The molecule has 0 aromatic heterocycles. The summed E-state index contributed by atoms with van der Waals surface area (Å²) in [7, 11) is 1.52. The van der Waals surface area contributed by atoms with E-state index in [1.807, 2.05) is 12.1 Å². The molecule has 3 amide bonds. The second-order valence-electron chi connectivity index (χ2n) is 6.34. The molecule has 0 bridgehead atoms. The monoisotopic (exact) mass is 498 g/mol. The molecule has 0 spiro atoms. The van der Waals surface area contributed by atoms with Crippen molar-refractivity contribution >= 4 is 51.7 Å². The van der Waals surface area contributed by atoms with Crippen molar-refractivity contribution in [1.82, 2.24) is 0 Å². The van der Waals surface area contributed by atoms with Crippen LogP contribution in [-0.4, -0.2) is 24.8 Å². The maximum atomic E-state index is 12.9. The molecular formula is C22H15IN2O4.